The molecule has 32 heavy (non-hydrogen) atoms. The maximum Gasteiger partial charge on any atom is 0.340 e. The van der Waals surface area contributed by atoms with Crippen LogP contribution in [0.5, 0.6) is 0 Å². The van der Waals surface area contributed by atoms with Crippen LogP contribution in [0.3, 0.4) is 0 Å². The number of nitrogens with zero attached hydrogens (tertiary/aromatic N) is 2. The summed E-state index contributed by atoms with van der Waals surface area (Å²) in [6.07, 6.45) is 4.91. The van der Waals surface area contributed by atoms with Gasteiger partial charge in [-0.05, 0) is 70.6 Å². The molecule has 0 aliphatic carbocycles. The number of nitro benzene ring substituents is 1. The molecule has 0 bridgehead atoms. The highest BCUT2D eigenvalue weighted by atomic mass is 16.7. The van der Waals surface area contributed by atoms with Crippen molar-refractivity contribution < 1.29 is 23.9 Å². The highest BCUT2D eigenvalue weighted by Crippen LogP contribution is 2.34. The Morgan fingerprint density at radius 3 is 2.56 bits per heavy atom. The first-order valence-corrected chi connectivity index (χ1v) is 11.3. The SMILES string of the molecule is CCOC(=O)c1c(-c2ccc([N+](=O)[O-])cc2)c(C)n(CCCCOC2CCCCO2)c1C. The van der Waals surface area contributed by atoms with Gasteiger partial charge in [0.2, 0.25) is 0 Å². The Hall–Kier alpha value is -2.71. The summed E-state index contributed by atoms with van der Waals surface area (Å²) in [6.45, 7) is 8.10. The van der Waals surface area contributed by atoms with Crippen LogP contribution in [0.1, 0.15) is 60.8 Å². The standard InChI is InChI=1S/C24H32N2O6/c1-4-30-24(27)23-18(3)25(14-6-8-16-32-21-9-5-7-15-31-21)17(2)22(23)19-10-12-20(13-11-19)26(28)29/h10-13,21H,4-9,14-16H2,1-3H3. The molecule has 8 heteroatoms. The van der Waals surface area contributed by atoms with Gasteiger partial charge in [-0.3, -0.25) is 10.1 Å². The number of nitro groups is 1. The first-order valence-electron chi connectivity index (χ1n) is 11.3. The zero-order valence-electron chi connectivity index (χ0n) is 19.1. The Kier molecular flexibility index (Phi) is 8.41. The molecule has 1 atom stereocenters. The summed E-state index contributed by atoms with van der Waals surface area (Å²) in [5.41, 5.74) is 3.84. The predicted octanol–water partition coefficient (Wildman–Crippen LogP) is 5.18. The summed E-state index contributed by atoms with van der Waals surface area (Å²) in [6, 6.07) is 6.29. The normalized spacial score (nSPS) is 16.2. The van der Waals surface area contributed by atoms with Crippen molar-refractivity contribution >= 4 is 11.7 Å². The molecule has 1 aliphatic rings. The van der Waals surface area contributed by atoms with Crippen molar-refractivity contribution in [2.75, 3.05) is 19.8 Å². The average Bonchev–Trinajstić information content (AvgIpc) is 3.04. The van der Waals surface area contributed by atoms with Crippen LogP contribution in [0.2, 0.25) is 0 Å². The van der Waals surface area contributed by atoms with Crippen LogP contribution >= 0.6 is 0 Å². The van der Waals surface area contributed by atoms with Crippen molar-refractivity contribution in [3.63, 3.8) is 0 Å². The number of hydrogen-bond acceptors (Lipinski definition) is 6. The van der Waals surface area contributed by atoms with Gasteiger partial charge in [-0.1, -0.05) is 0 Å². The van der Waals surface area contributed by atoms with E-state index in [1.54, 1.807) is 19.1 Å². The molecule has 3 rings (SSSR count). The van der Waals surface area contributed by atoms with Crippen molar-refractivity contribution in [2.45, 2.75) is 65.7 Å². The number of hydrogen-bond donors (Lipinski definition) is 0. The molecule has 0 N–H and O–H groups in total. The Bertz CT molecular complexity index is 929. The maximum absolute atomic E-state index is 12.8. The average molecular weight is 445 g/mol. The molecule has 8 nitrogen and oxygen atoms in total. The highest BCUT2D eigenvalue weighted by Gasteiger charge is 2.25. The molecular formula is C24H32N2O6. The summed E-state index contributed by atoms with van der Waals surface area (Å²) in [5, 5.41) is 11.0. The Balaban J connectivity index is 1.76. The van der Waals surface area contributed by atoms with Gasteiger partial charge in [0.25, 0.3) is 5.69 Å². The van der Waals surface area contributed by atoms with Crippen LogP contribution in [-0.4, -0.2) is 41.6 Å². The molecular weight excluding hydrogens is 412 g/mol. The van der Waals surface area contributed by atoms with E-state index in [2.05, 4.69) is 4.57 Å². The van der Waals surface area contributed by atoms with E-state index in [4.69, 9.17) is 14.2 Å². The molecule has 1 saturated heterocycles. The minimum atomic E-state index is -0.431. The Morgan fingerprint density at radius 1 is 1.19 bits per heavy atom. The summed E-state index contributed by atoms with van der Waals surface area (Å²) >= 11 is 0. The van der Waals surface area contributed by atoms with Crippen LogP contribution in [0.25, 0.3) is 11.1 Å². The van der Waals surface area contributed by atoms with Gasteiger partial charge in [0.1, 0.15) is 0 Å². The molecule has 1 unspecified atom stereocenters. The van der Waals surface area contributed by atoms with E-state index in [0.717, 1.165) is 67.8 Å². The second-order valence-corrected chi connectivity index (χ2v) is 7.97. The Morgan fingerprint density at radius 2 is 1.94 bits per heavy atom. The fraction of sp³-hybridized carbons (Fsp3) is 0.542. The van der Waals surface area contributed by atoms with Gasteiger partial charge in [0.05, 0.1) is 17.1 Å². The van der Waals surface area contributed by atoms with Crippen LogP contribution in [0.4, 0.5) is 5.69 Å². The summed E-state index contributed by atoms with van der Waals surface area (Å²) < 4.78 is 18.9. The predicted molar refractivity (Wildman–Crippen MR) is 121 cm³/mol. The number of unbranched alkanes of at least 4 members (excludes halogenated alkanes) is 1. The van der Waals surface area contributed by atoms with Crippen LogP contribution < -0.4 is 0 Å². The minimum Gasteiger partial charge on any atom is -0.462 e. The lowest BCUT2D eigenvalue weighted by atomic mass is 10.0. The number of rotatable bonds is 10. The third kappa shape index (κ3) is 5.55. The molecule has 0 saturated carbocycles. The molecule has 2 aromatic rings. The van der Waals surface area contributed by atoms with E-state index in [1.165, 1.54) is 12.1 Å². The third-order valence-electron chi connectivity index (χ3n) is 5.85. The van der Waals surface area contributed by atoms with E-state index in [1.807, 2.05) is 13.8 Å². The number of carbonyl (C=O) groups excluding carboxylic acids is 1. The summed E-state index contributed by atoms with van der Waals surface area (Å²) in [7, 11) is 0. The van der Waals surface area contributed by atoms with Crippen LogP contribution in [-0.2, 0) is 20.8 Å². The molecule has 1 aromatic carbocycles. The largest absolute Gasteiger partial charge is 0.462 e. The van der Waals surface area contributed by atoms with Gasteiger partial charge in [-0.15, -0.1) is 0 Å². The lowest BCUT2D eigenvalue weighted by Gasteiger charge is -2.22. The monoisotopic (exact) mass is 444 g/mol. The molecule has 1 aromatic heterocycles. The number of benzene rings is 1. The number of carbonyl (C=O) groups is 1. The number of non-ortho nitro benzene ring substituents is 1. The number of aromatic nitrogens is 1. The van der Waals surface area contributed by atoms with Gasteiger partial charge >= 0.3 is 5.97 Å². The van der Waals surface area contributed by atoms with Crippen LogP contribution in [0.15, 0.2) is 24.3 Å². The van der Waals surface area contributed by atoms with Crippen molar-refractivity contribution in [2.24, 2.45) is 0 Å². The van der Waals surface area contributed by atoms with Gasteiger partial charge in [-0.25, -0.2) is 4.79 Å². The first-order chi connectivity index (χ1) is 15.4. The highest BCUT2D eigenvalue weighted by molar-refractivity contribution is 5.99. The van der Waals surface area contributed by atoms with E-state index in [0.29, 0.717) is 12.2 Å². The van der Waals surface area contributed by atoms with E-state index in [-0.39, 0.29) is 24.6 Å². The molecule has 0 radical (unpaired) electrons. The van der Waals surface area contributed by atoms with Crippen molar-refractivity contribution in [3.05, 3.63) is 51.3 Å². The minimum absolute atomic E-state index is 0.0159. The second kappa shape index (κ2) is 11.2. The van der Waals surface area contributed by atoms with Crippen molar-refractivity contribution in [1.82, 2.24) is 4.57 Å². The maximum atomic E-state index is 12.8. The van der Waals surface area contributed by atoms with Gasteiger partial charge in [0.15, 0.2) is 6.29 Å². The third-order valence-corrected chi connectivity index (χ3v) is 5.85. The summed E-state index contributed by atoms with van der Waals surface area (Å²) in [4.78, 5) is 23.4. The lowest BCUT2D eigenvalue weighted by Crippen LogP contribution is -2.22. The van der Waals surface area contributed by atoms with Gasteiger partial charge in [0, 0.05) is 48.8 Å². The quantitative estimate of drug-likeness (QED) is 0.217. The van der Waals surface area contributed by atoms with Crippen LogP contribution in [0, 0.1) is 24.0 Å². The molecule has 174 valence electrons. The molecule has 2 heterocycles. The summed E-state index contributed by atoms with van der Waals surface area (Å²) in [5.74, 6) is -0.377. The van der Waals surface area contributed by atoms with Crippen molar-refractivity contribution in [3.8, 4) is 11.1 Å². The van der Waals surface area contributed by atoms with E-state index >= 15 is 0 Å². The van der Waals surface area contributed by atoms with Gasteiger partial charge < -0.3 is 18.8 Å². The fourth-order valence-electron chi connectivity index (χ4n) is 4.20. The molecule has 1 aliphatic heterocycles. The number of esters is 1. The zero-order valence-corrected chi connectivity index (χ0v) is 19.1. The van der Waals surface area contributed by atoms with Gasteiger partial charge in [-0.2, -0.15) is 0 Å². The topological polar surface area (TPSA) is 92.8 Å². The molecule has 1 fully saturated rings. The fourth-order valence-corrected chi connectivity index (χ4v) is 4.20. The van der Waals surface area contributed by atoms with E-state index < -0.39 is 4.92 Å². The molecule has 0 spiro atoms. The van der Waals surface area contributed by atoms with Crippen molar-refractivity contribution in [1.29, 1.82) is 0 Å². The number of ether oxygens (including phenoxy) is 3. The Labute approximate surface area is 188 Å². The van der Waals surface area contributed by atoms with E-state index in [9.17, 15) is 14.9 Å². The lowest BCUT2D eigenvalue weighted by molar-refractivity contribution is -0.384. The first kappa shape index (κ1) is 23.9. The smallest absolute Gasteiger partial charge is 0.340 e. The second-order valence-electron chi connectivity index (χ2n) is 7.97. The zero-order chi connectivity index (χ0) is 23.1. The molecule has 0 amide bonds.